The van der Waals surface area contributed by atoms with E-state index in [1.807, 2.05) is 38.1 Å². The maximum atomic E-state index is 12.4. The largest absolute Gasteiger partial charge is 0.480 e. The Labute approximate surface area is 207 Å². The monoisotopic (exact) mass is 493 g/mol. The van der Waals surface area contributed by atoms with Crippen LogP contribution in [0.4, 0.5) is 4.79 Å². The van der Waals surface area contributed by atoms with Crippen LogP contribution < -0.4 is 10.6 Å². The number of hydrogen-bond donors (Lipinski definition) is 3. The van der Waals surface area contributed by atoms with Gasteiger partial charge >= 0.3 is 12.1 Å². The van der Waals surface area contributed by atoms with Crippen LogP contribution in [0.1, 0.15) is 52.8 Å². The van der Waals surface area contributed by atoms with Gasteiger partial charge in [0.1, 0.15) is 23.4 Å². The molecule has 35 heavy (non-hydrogen) atoms. The number of aliphatic carboxylic acids is 1. The van der Waals surface area contributed by atoms with Crippen molar-refractivity contribution >= 4 is 29.3 Å². The van der Waals surface area contributed by atoms with E-state index in [1.54, 1.807) is 5.38 Å². The van der Waals surface area contributed by atoms with E-state index in [0.29, 0.717) is 11.4 Å². The van der Waals surface area contributed by atoms with Crippen LogP contribution in [0, 0.1) is 5.92 Å². The minimum absolute atomic E-state index is 0.0312. The van der Waals surface area contributed by atoms with Crippen molar-refractivity contribution in [3.05, 3.63) is 75.7 Å². The van der Waals surface area contributed by atoms with Gasteiger partial charge in [-0.1, -0.05) is 62.4 Å². The second kappa shape index (κ2) is 10.7. The number of fused-ring (bicyclic) bond motifs is 3. The van der Waals surface area contributed by atoms with E-state index >= 15 is 0 Å². The zero-order valence-corrected chi connectivity index (χ0v) is 20.3. The van der Waals surface area contributed by atoms with E-state index in [4.69, 9.17) is 4.74 Å². The van der Waals surface area contributed by atoms with Gasteiger partial charge < -0.3 is 20.5 Å². The lowest BCUT2D eigenvalue weighted by molar-refractivity contribution is -0.139. The second-order valence-electron chi connectivity index (χ2n) is 8.80. The summed E-state index contributed by atoms with van der Waals surface area (Å²) >= 11 is 1.20. The van der Waals surface area contributed by atoms with E-state index in [0.717, 1.165) is 22.3 Å². The predicted octanol–water partition coefficient (Wildman–Crippen LogP) is 4.41. The summed E-state index contributed by atoms with van der Waals surface area (Å²) in [6.45, 7) is 4.08. The van der Waals surface area contributed by atoms with Gasteiger partial charge in [0.05, 0.1) is 6.54 Å². The number of ether oxygens (including phenoxy) is 1. The molecule has 182 valence electrons. The first-order valence-corrected chi connectivity index (χ1v) is 12.3. The summed E-state index contributed by atoms with van der Waals surface area (Å²) in [5.41, 5.74) is 4.70. The molecule has 0 radical (unpaired) electrons. The summed E-state index contributed by atoms with van der Waals surface area (Å²) in [7, 11) is 0. The topological polar surface area (TPSA) is 118 Å². The van der Waals surface area contributed by atoms with Gasteiger partial charge in [-0.25, -0.2) is 14.6 Å². The summed E-state index contributed by atoms with van der Waals surface area (Å²) in [4.78, 5) is 40.4. The Morgan fingerprint density at radius 2 is 1.69 bits per heavy atom. The average molecular weight is 494 g/mol. The summed E-state index contributed by atoms with van der Waals surface area (Å²) in [5.74, 6) is -1.55. The van der Waals surface area contributed by atoms with Crippen molar-refractivity contribution < 1.29 is 24.2 Å². The Morgan fingerprint density at radius 1 is 1.06 bits per heavy atom. The third-order valence-corrected chi connectivity index (χ3v) is 6.67. The predicted molar refractivity (Wildman–Crippen MR) is 132 cm³/mol. The van der Waals surface area contributed by atoms with Gasteiger partial charge in [-0.3, -0.25) is 4.79 Å². The third kappa shape index (κ3) is 5.68. The van der Waals surface area contributed by atoms with Gasteiger partial charge in [0.25, 0.3) is 5.91 Å². The van der Waals surface area contributed by atoms with Gasteiger partial charge in [0.15, 0.2) is 0 Å². The number of rotatable bonds is 9. The lowest BCUT2D eigenvalue weighted by atomic mass is 9.98. The van der Waals surface area contributed by atoms with Crippen molar-refractivity contribution in [2.75, 3.05) is 6.61 Å². The molecule has 3 aromatic rings. The van der Waals surface area contributed by atoms with Gasteiger partial charge in [-0.05, 0) is 34.6 Å². The average Bonchev–Trinajstić information content (AvgIpc) is 3.44. The summed E-state index contributed by atoms with van der Waals surface area (Å²) < 4.78 is 5.51. The Morgan fingerprint density at radius 3 is 2.29 bits per heavy atom. The lowest BCUT2D eigenvalue weighted by Crippen LogP contribution is -2.41. The molecule has 1 heterocycles. The van der Waals surface area contributed by atoms with Crippen LogP contribution in [0.25, 0.3) is 11.1 Å². The maximum absolute atomic E-state index is 12.4. The van der Waals surface area contributed by atoms with Crippen LogP contribution in [0.3, 0.4) is 0 Å². The number of amides is 2. The Hall–Kier alpha value is -3.72. The molecular formula is C26H27N3O5S. The van der Waals surface area contributed by atoms with Crippen molar-refractivity contribution in [2.24, 2.45) is 5.92 Å². The number of alkyl carbamates (subject to hydrolysis) is 1. The van der Waals surface area contributed by atoms with Crippen molar-refractivity contribution in [2.45, 2.75) is 38.8 Å². The number of hydrogen-bond acceptors (Lipinski definition) is 6. The number of benzene rings is 2. The van der Waals surface area contributed by atoms with Crippen LogP contribution in [-0.4, -0.2) is 40.7 Å². The molecule has 0 aliphatic heterocycles. The van der Waals surface area contributed by atoms with Crippen molar-refractivity contribution in [1.82, 2.24) is 15.6 Å². The van der Waals surface area contributed by atoms with Crippen molar-refractivity contribution in [1.29, 1.82) is 0 Å². The summed E-state index contributed by atoms with van der Waals surface area (Å²) in [5, 5.41) is 16.5. The molecule has 1 aliphatic carbocycles. The normalized spacial score (nSPS) is 13.1. The van der Waals surface area contributed by atoms with E-state index in [9.17, 15) is 19.5 Å². The number of carboxylic acid groups (broad SMARTS) is 1. The highest BCUT2D eigenvalue weighted by Crippen LogP contribution is 2.44. The second-order valence-corrected chi connectivity index (χ2v) is 9.74. The molecule has 1 aromatic heterocycles. The van der Waals surface area contributed by atoms with Crippen LogP contribution >= 0.6 is 11.3 Å². The fraction of sp³-hybridized carbons (Fsp3) is 0.308. The van der Waals surface area contributed by atoms with E-state index in [2.05, 4.69) is 39.9 Å². The highest BCUT2D eigenvalue weighted by molar-refractivity contribution is 7.09. The smallest absolute Gasteiger partial charge is 0.407 e. The van der Waals surface area contributed by atoms with Gasteiger partial charge in [-0.2, -0.15) is 0 Å². The zero-order chi connectivity index (χ0) is 24.9. The summed E-state index contributed by atoms with van der Waals surface area (Å²) in [6.07, 6.45) is -0.252. The molecule has 0 saturated carbocycles. The third-order valence-electron chi connectivity index (χ3n) is 5.82. The van der Waals surface area contributed by atoms with E-state index in [1.165, 1.54) is 11.3 Å². The van der Waals surface area contributed by atoms with E-state index < -0.39 is 24.0 Å². The number of carboxylic acids is 1. The molecular weight excluding hydrogens is 466 g/mol. The fourth-order valence-electron chi connectivity index (χ4n) is 4.22. The van der Waals surface area contributed by atoms with Crippen LogP contribution in [-0.2, 0) is 16.1 Å². The van der Waals surface area contributed by atoms with Crippen LogP contribution in [0.2, 0.25) is 0 Å². The molecule has 3 N–H and O–H groups in total. The minimum atomic E-state index is -1.08. The molecule has 1 atom stereocenters. The summed E-state index contributed by atoms with van der Waals surface area (Å²) in [6, 6.07) is 15.2. The molecule has 0 bridgehead atoms. The fourth-order valence-corrected chi connectivity index (χ4v) is 4.93. The molecule has 9 heteroatoms. The molecule has 2 aromatic carbocycles. The lowest BCUT2D eigenvalue weighted by Gasteiger charge is -2.15. The number of carbonyl (C=O) groups is 3. The first-order valence-electron chi connectivity index (χ1n) is 11.4. The molecule has 0 spiro atoms. The number of nitrogens with one attached hydrogen (secondary N) is 2. The number of thiazole rings is 1. The van der Waals surface area contributed by atoms with Gasteiger partial charge in [-0.15, -0.1) is 11.3 Å². The zero-order valence-electron chi connectivity index (χ0n) is 19.5. The first kappa shape index (κ1) is 24.4. The van der Waals surface area contributed by atoms with Crippen LogP contribution in [0.5, 0.6) is 0 Å². The van der Waals surface area contributed by atoms with Gasteiger partial charge in [0.2, 0.25) is 0 Å². The maximum Gasteiger partial charge on any atom is 0.407 e. The molecule has 2 amide bonds. The van der Waals surface area contributed by atoms with Gasteiger partial charge in [0, 0.05) is 11.3 Å². The first-order chi connectivity index (χ1) is 16.8. The number of nitrogens with zero attached hydrogens (tertiary/aromatic N) is 1. The standard InChI is InChI=1S/C26H27N3O5S/c1-15(2)11-21(25(31)32)29-24(30)22-14-35-23(28-22)12-27-26(33)34-13-20-18-9-5-3-7-16(18)17-8-4-6-10-19(17)20/h3-10,14-15,20-21H,11-13H2,1-2H3,(H,27,33)(H,29,30)(H,31,32). The molecule has 1 unspecified atom stereocenters. The minimum Gasteiger partial charge on any atom is -0.480 e. The Balaban J connectivity index is 1.30. The van der Waals surface area contributed by atoms with Crippen LogP contribution in [0.15, 0.2) is 53.9 Å². The molecule has 0 saturated heterocycles. The Kier molecular flexibility index (Phi) is 7.45. The highest BCUT2D eigenvalue weighted by Gasteiger charge is 2.29. The highest BCUT2D eigenvalue weighted by atomic mass is 32.1. The molecule has 1 aliphatic rings. The van der Waals surface area contributed by atoms with Crippen molar-refractivity contribution in [3.8, 4) is 11.1 Å². The number of carbonyl (C=O) groups excluding carboxylic acids is 2. The Bertz CT molecular complexity index is 1190. The SMILES string of the molecule is CC(C)CC(NC(=O)c1csc(CNC(=O)OCC2c3ccccc3-c3ccccc32)n1)C(=O)O. The molecule has 0 fully saturated rings. The number of aromatic nitrogens is 1. The van der Waals surface area contributed by atoms with E-state index in [-0.39, 0.29) is 30.7 Å². The molecule has 8 nitrogen and oxygen atoms in total. The quantitative estimate of drug-likeness (QED) is 0.406. The molecule has 4 rings (SSSR count). The van der Waals surface area contributed by atoms with Crippen molar-refractivity contribution in [3.63, 3.8) is 0 Å².